The van der Waals surface area contributed by atoms with Crippen molar-refractivity contribution in [1.29, 1.82) is 0 Å². The van der Waals surface area contributed by atoms with E-state index in [9.17, 15) is 9.18 Å². The molecule has 0 aliphatic carbocycles. The molecule has 1 N–H and O–H groups in total. The summed E-state index contributed by atoms with van der Waals surface area (Å²) >= 11 is 0. The van der Waals surface area contributed by atoms with E-state index in [1.165, 1.54) is 12.1 Å². The van der Waals surface area contributed by atoms with Crippen molar-refractivity contribution < 1.29 is 14.3 Å². The van der Waals surface area contributed by atoms with Crippen LogP contribution in [-0.4, -0.2) is 60.6 Å². The van der Waals surface area contributed by atoms with Gasteiger partial charge in [-0.25, -0.2) is 4.39 Å². The number of nitrogens with zero attached hydrogens (tertiary/aromatic N) is 2. The number of benzene rings is 1. The van der Waals surface area contributed by atoms with E-state index in [1.54, 1.807) is 6.07 Å². The van der Waals surface area contributed by atoms with E-state index in [0.717, 1.165) is 12.1 Å². The Kier molecular flexibility index (Phi) is 6.61. The molecule has 1 atom stereocenters. The van der Waals surface area contributed by atoms with Gasteiger partial charge in [0, 0.05) is 19.1 Å². The number of carbonyl (C=O) groups is 1. The summed E-state index contributed by atoms with van der Waals surface area (Å²) in [5.41, 5.74) is 0.887. The molecule has 0 spiro atoms. The fourth-order valence-electron chi connectivity index (χ4n) is 2.09. The molecule has 0 bridgehead atoms. The first-order chi connectivity index (χ1) is 9.38. The van der Waals surface area contributed by atoms with Crippen molar-refractivity contribution in [3.63, 3.8) is 0 Å². The zero-order valence-electron chi connectivity index (χ0n) is 12.3. The minimum atomic E-state index is -0.838. The molecular weight excluding hydrogens is 259 g/mol. The molecule has 0 fully saturated rings. The lowest BCUT2D eigenvalue weighted by Gasteiger charge is -2.28. The Bertz CT molecular complexity index is 438. The quantitative estimate of drug-likeness (QED) is 0.788. The van der Waals surface area contributed by atoms with Crippen molar-refractivity contribution >= 4 is 5.97 Å². The maximum absolute atomic E-state index is 13.2. The largest absolute Gasteiger partial charge is 0.480 e. The van der Waals surface area contributed by atoms with Crippen LogP contribution in [0.1, 0.15) is 12.5 Å². The Labute approximate surface area is 119 Å². The Balaban J connectivity index is 2.66. The molecule has 0 aliphatic rings. The number of rotatable bonds is 8. The third-order valence-electron chi connectivity index (χ3n) is 3.22. The average molecular weight is 282 g/mol. The van der Waals surface area contributed by atoms with Gasteiger partial charge in [0.2, 0.25) is 0 Å². The van der Waals surface area contributed by atoms with Gasteiger partial charge in [0.25, 0.3) is 0 Å². The van der Waals surface area contributed by atoms with E-state index in [4.69, 9.17) is 5.11 Å². The smallest absolute Gasteiger partial charge is 0.317 e. The van der Waals surface area contributed by atoms with E-state index >= 15 is 0 Å². The van der Waals surface area contributed by atoms with E-state index in [1.807, 2.05) is 36.9 Å². The second-order valence-corrected chi connectivity index (χ2v) is 5.35. The first-order valence-corrected chi connectivity index (χ1v) is 6.73. The fraction of sp³-hybridized carbons (Fsp3) is 0.533. The summed E-state index contributed by atoms with van der Waals surface area (Å²) in [6, 6.07) is 6.51. The molecule has 0 amide bonds. The number of halogens is 1. The lowest BCUT2D eigenvalue weighted by atomic mass is 10.1. The summed E-state index contributed by atoms with van der Waals surface area (Å²) in [7, 11) is 3.91. The van der Waals surface area contributed by atoms with Gasteiger partial charge in [-0.2, -0.15) is 0 Å². The lowest BCUT2D eigenvalue weighted by Crippen LogP contribution is -2.42. The van der Waals surface area contributed by atoms with Gasteiger partial charge >= 0.3 is 5.97 Å². The third-order valence-corrected chi connectivity index (χ3v) is 3.22. The van der Waals surface area contributed by atoms with Gasteiger partial charge in [-0.1, -0.05) is 12.1 Å². The Hall–Kier alpha value is -1.46. The molecule has 1 rings (SSSR count). The number of hydrogen-bond acceptors (Lipinski definition) is 3. The molecule has 5 heteroatoms. The third kappa shape index (κ3) is 6.12. The molecule has 0 aromatic heterocycles. The molecule has 0 saturated heterocycles. The van der Waals surface area contributed by atoms with Crippen molar-refractivity contribution in [1.82, 2.24) is 9.80 Å². The molecule has 0 radical (unpaired) electrons. The first-order valence-electron chi connectivity index (χ1n) is 6.73. The fourth-order valence-corrected chi connectivity index (χ4v) is 2.09. The normalized spacial score (nSPS) is 12.9. The zero-order valence-corrected chi connectivity index (χ0v) is 12.3. The highest BCUT2D eigenvalue weighted by atomic mass is 19.1. The number of hydrogen-bond donors (Lipinski definition) is 1. The van der Waals surface area contributed by atoms with Crippen LogP contribution in [0, 0.1) is 5.82 Å². The van der Waals surface area contributed by atoms with Crippen molar-refractivity contribution in [2.75, 3.05) is 33.7 Å². The topological polar surface area (TPSA) is 43.8 Å². The van der Waals surface area contributed by atoms with Crippen LogP contribution in [0.2, 0.25) is 0 Å². The van der Waals surface area contributed by atoms with Gasteiger partial charge in [0.15, 0.2) is 0 Å². The van der Waals surface area contributed by atoms with Gasteiger partial charge in [0.1, 0.15) is 5.82 Å². The highest BCUT2D eigenvalue weighted by molar-refractivity contribution is 5.69. The van der Waals surface area contributed by atoms with Crippen LogP contribution in [0.5, 0.6) is 0 Å². The molecule has 1 unspecified atom stereocenters. The predicted molar refractivity (Wildman–Crippen MR) is 77.3 cm³/mol. The number of carboxylic acid groups (broad SMARTS) is 1. The second kappa shape index (κ2) is 7.97. The second-order valence-electron chi connectivity index (χ2n) is 5.35. The van der Waals surface area contributed by atoms with Gasteiger partial charge < -0.3 is 10.0 Å². The summed E-state index contributed by atoms with van der Waals surface area (Å²) in [5, 5.41) is 8.99. The predicted octanol–water partition coefficient (Wildman–Crippen LogP) is 1.70. The molecular formula is C15H23FN2O2. The van der Waals surface area contributed by atoms with Gasteiger partial charge in [-0.05, 0) is 45.1 Å². The summed E-state index contributed by atoms with van der Waals surface area (Å²) in [6.07, 6.45) is 0.637. The van der Waals surface area contributed by atoms with E-state index in [0.29, 0.717) is 13.0 Å². The standard InChI is InChI=1S/C15H23FN2O2/c1-12(9-13-5-4-6-14(16)10-13)18(11-15(19)20)8-7-17(2)3/h4-6,10,12H,7-9,11H2,1-3H3,(H,19,20). The molecule has 4 nitrogen and oxygen atoms in total. The van der Waals surface area contributed by atoms with Crippen molar-refractivity contribution in [3.05, 3.63) is 35.6 Å². The van der Waals surface area contributed by atoms with Gasteiger partial charge in [-0.3, -0.25) is 9.69 Å². The minimum Gasteiger partial charge on any atom is -0.480 e. The van der Waals surface area contributed by atoms with Crippen molar-refractivity contribution in [2.45, 2.75) is 19.4 Å². The van der Waals surface area contributed by atoms with Crippen LogP contribution in [0.15, 0.2) is 24.3 Å². The Morgan fingerprint density at radius 2 is 2.05 bits per heavy atom. The highest BCUT2D eigenvalue weighted by Gasteiger charge is 2.17. The van der Waals surface area contributed by atoms with Crippen LogP contribution in [0.25, 0.3) is 0 Å². The molecule has 1 aromatic rings. The van der Waals surface area contributed by atoms with Crippen LogP contribution in [0.3, 0.4) is 0 Å². The van der Waals surface area contributed by atoms with Crippen LogP contribution in [-0.2, 0) is 11.2 Å². The Morgan fingerprint density at radius 1 is 1.35 bits per heavy atom. The molecule has 0 saturated carbocycles. The maximum atomic E-state index is 13.2. The number of likely N-dealkylation sites (N-methyl/N-ethyl adjacent to an activating group) is 1. The number of carboxylic acids is 1. The monoisotopic (exact) mass is 282 g/mol. The summed E-state index contributed by atoms with van der Waals surface area (Å²) in [5.74, 6) is -1.09. The molecule has 0 heterocycles. The maximum Gasteiger partial charge on any atom is 0.317 e. The highest BCUT2D eigenvalue weighted by Crippen LogP contribution is 2.10. The molecule has 0 aliphatic heterocycles. The van der Waals surface area contributed by atoms with E-state index < -0.39 is 5.97 Å². The first kappa shape index (κ1) is 16.6. The summed E-state index contributed by atoms with van der Waals surface area (Å²) in [6.45, 7) is 3.45. The van der Waals surface area contributed by atoms with Crippen LogP contribution in [0.4, 0.5) is 4.39 Å². The van der Waals surface area contributed by atoms with Gasteiger partial charge in [0.05, 0.1) is 6.54 Å². The minimum absolute atomic E-state index is 0.00429. The number of aliphatic carboxylic acids is 1. The summed E-state index contributed by atoms with van der Waals surface area (Å²) < 4.78 is 13.2. The van der Waals surface area contributed by atoms with E-state index in [-0.39, 0.29) is 18.4 Å². The average Bonchev–Trinajstić information content (AvgIpc) is 2.33. The molecule has 1 aromatic carbocycles. The SMILES string of the molecule is CC(Cc1cccc(F)c1)N(CCN(C)C)CC(=O)O. The lowest BCUT2D eigenvalue weighted by molar-refractivity contribution is -0.138. The van der Waals surface area contributed by atoms with Crippen molar-refractivity contribution in [3.8, 4) is 0 Å². The van der Waals surface area contributed by atoms with Crippen molar-refractivity contribution in [2.24, 2.45) is 0 Å². The molecule has 112 valence electrons. The summed E-state index contributed by atoms with van der Waals surface area (Å²) in [4.78, 5) is 14.9. The zero-order chi connectivity index (χ0) is 15.1. The van der Waals surface area contributed by atoms with Gasteiger partial charge in [-0.15, -0.1) is 0 Å². The van der Waals surface area contributed by atoms with Crippen LogP contribution >= 0.6 is 0 Å². The van der Waals surface area contributed by atoms with Crippen LogP contribution < -0.4 is 0 Å². The Morgan fingerprint density at radius 3 is 2.60 bits per heavy atom. The molecule has 20 heavy (non-hydrogen) atoms. The van der Waals surface area contributed by atoms with E-state index in [2.05, 4.69) is 0 Å².